The molecule has 2 aromatic heterocycles. The van der Waals surface area contributed by atoms with Crippen molar-refractivity contribution in [3.63, 3.8) is 0 Å². The lowest BCUT2D eigenvalue weighted by atomic mass is 9.96. The summed E-state index contributed by atoms with van der Waals surface area (Å²) in [5.41, 5.74) is 3.33. The number of aliphatic hydroxyl groups is 1. The summed E-state index contributed by atoms with van der Waals surface area (Å²) < 4.78 is 7.24. The van der Waals surface area contributed by atoms with Crippen molar-refractivity contribution in [2.45, 2.75) is 38.6 Å². The van der Waals surface area contributed by atoms with E-state index in [1.54, 1.807) is 6.20 Å². The Bertz CT molecular complexity index is 530. The van der Waals surface area contributed by atoms with Crippen LogP contribution in [0, 0.1) is 0 Å². The first-order valence-electron chi connectivity index (χ1n) is 6.45. The van der Waals surface area contributed by atoms with Crippen molar-refractivity contribution in [3.8, 4) is 0 Å². The number of nitrogens with zero attached hydrogens (tertiary/aromatic N) is 3. The fraction of sp³-hybridized carbons (Fsp3) is 0.538. The Morgan fingerprint density at radius 3 is 3.11 bits per heavy atom. The zero-order valence-corrected chi connectivity index (χ0v) is 10.3. The summed E-state index contributed by atoms with van der Waals surface area (Å²) in [7, 11) is 0. The van der Waals surface area contributed by atoms with Crippen LogP contribution < -0.4 is 0 Å². The number of hydrogen-bond acceptors (Lipinski definition) is 4. The number of aromatic nitrogens is 3. The molecule has 1 aliphatic rings. The topological polar surface area (TPSA) is 64.1 Å². The van der Waals surface area contributed by atoms with E-state index in [1.807, 2.05) is 10.9 Å². The molecule has 0 spiro atoms. The average Bonchev–Trinajstić information content (AvgIpc) is 2.99. The molecule has 1 aliphatic carbocycles. The standard InChI is InChI=1S/C13H17N3O2/c17-6-5-10-7-14-16(8-10)9-12-11-3-1-2-4-13(11)18-15-12/h7-8,17H,1-6,9H2. The molecule has 2 aromatic rings. The van der Waals surface area contributed by atoms with Gasteiger partial charge in [0.15, 0.2) is 0 Å². The van der Waals surface area contributed by atoms with E-state index in [-0.39, 0.29) is 6.61 Å². The molecule has 3 rings (SSSR count). The summed E-state index contributed by atoms with van der Waals surface area (Å²) in [6.45, 7) is 0.815. The largest absolute Gasteiger partial charge is 0.396 e. The third kappa shape index (κ3) is 2.18. The summed E-state index contributed by atoms with van der Waals surface area (Å²) in [5, 5.41) is 17.3. The normalized spacial score (nSPS) is 14.7. The number of hydrogen-bond donors (Lipinski definition) is 1. The van der Waals surface area contributed by atoms with Gasteiger partial charge in [0.25, 0.3) is 0 Å². The van der Waals surface area contributed by atoms with Crippen molar-refractivity contribution < 1.29 is 9.63 Å². The minimum absolute atomic E-state index is 0.158. The maximum absolute atomic E-state index is 8.88. The molecule has 1 N–H and O–H groups in total. The van der Waals surface area contributed by atoms with Crippen LogP contribution in [0.25, 0.3) is 0 Å². The molecule has 0 saturated heterocycles. The molecular weight excluding hydrogens is 230 g/mol. The van der Waals surface area contributed by atoms with Gasteiger partial charge in [-0.25, -0.2) is 0 Å². The van der Waals surface area contributed by atoms with Crippen LogP contribution in [-0.2, 0) is 25.8 Å². The van der Waals surface area contributed by atoms with E-state index < -0.39 is 0 Å². The first-order valence-corrected chi connectivity index (χ1v) is 6.45. The highest BCUT2D eigenvalue weighted by atomic mass is 16.5. The summed E-state index contributed by atoms with van der Waals surface area (Å²) in [6.07, 6.45) is 8.90. The van der Waals surface area contributed by atoms with Crippen LogP contribution in [-0.4, -0.2) is 26.7 Å². The molecule has 0 aliphatic heterocycles. The summed E-state index contributed by atoms with van der Waals surface area (Å²) >= 11 is 0. The van der Waals surface area contributed by atoms with Crippen molar-refractivity contribution in [2.24, 2.45) is 0 Å². The summed E-state index contributed by atoms with van der Waals surface area (Å²) in [6, 6.07) is 0. The Labute approximate surface area is 105 Å². The molecule has 0 saturated carbocycles. The molecule has 18 heavy (non-hydrogen) atoms. The van der Waals surface area contributed by atoms with Gasteiger partial charge in [0.1, 0.15) is 11.5 Å². The Kier molecular flexibility index (Phi) is 3.15. The molecule has 2 heterocycles. The summed E-state index contributed by atoms with van der Waals surface area (Å²) in [4.78, 5) is 0. The van der Waals surface area contributed by atoms with E-state index in [0.717, 1.165) is 29.9 Å². The molecule has 96 valence electrons. The molecule has 0 aromatic carbocycles. The van der Waals surface area contributed by atoms with Crippen molar-refractivity contribution in [2.75, 3.05) is 6.61 Å². The second-order valence-corrected chi connectivity index (χ2v) is 4.76. The lowest BCUT2D eigenvalue weighted by molar-refractivity contribution is 0.299. The zero-order valence-electron chi connectivity index (χ0n) is 10.3. The van der Waals surface area contributed by atoms with Crippen LogP contribution >= 0.6 is 0 Å². The molecular formula is C13H17N3O2. The molecule has 0 amide bonds. The summed E-state index contributed by atoms with van der Waals surface area (Å²) in [5.74, 6) is 1.05. The fourth-order valence-corrected chi connectivity index (χ4v) is 2.48. The second-order valence-electron chi connectivity index (χ2n) is 4.76. The van der Waals surface area contributed by atoms with Gasteiger partial charge < -0.3 is 9.63 Å². The van der Waals surface area contributed by atoms with Gasteiger partial charge in [0.2, 0.25) is 0 Å². The lowest BCUT2D eigenvalue weighted by Gasteiger charge is -2.08. The van der Waals surface area contributed by atoms with Crippen LogP contribution in [0.2, 0.25) is 0 Å². The van der Waals surface area contributed by atoms with Gasteiger partial charge >= 0.3 is 0 Å². The average molecular weight is 247 g/mol. The van der Waals surface area contributed by atoms with Crippen LogP contribution in [0.3, 0.4) is 0 Å². The van der Waals surface area contributed by atoms with E-state index in [0.29, 0.717) is 13.0 Å². The van der Waals surface area contributed by atoms with E-state index in [9.17, 15) is 0 Å². The molecule has 0 radical (unpaired) electrons. The second kappa shape index (κ2) is 4.94. The van der Waals surface area contributed by atoms with Crippen LogP contribution in [0.15, 0.2) is 16.9 Å². The van der Waals surface area contributed by atoms with Gasteiger partial charge in [-0.15, -0.1) is 0 Å². The van der Waals surface area contributed by atoms with Crippen LogP contribution in [0.5, 0.6) is 0 Å². The highest BCUT2D eigenvalue weighted by Gasteiger charge is 2.19. The van der Waals surface area contributed by atoms with Gasteiger partial charge in [-0.1, -0.05) is 5.16 Å². The maximum Gasteiger partial charge on any atom is 0.140 e. The van der Waals surface area contributed by atoms with E-state index >= 15 is 0 Å². The van der Waals surface area contributed by atoms with E-state index in [4.69, 9.17) is 9.63 Å². The third-order valence-corrected chi connectivity index (χ3v) is 3.43. The Balaban J connectivity index is 1.77. The molecule has 5 heteroatoms. The first-order chi connectivity index (χ1) is 8.86. The fourth-order valence-electron chi connectivity index (χ4n) is 2.48. The van der Waals surface area contributed by atoms with Gasteiger partial charge in [-0.2, -0.15) is 5.10 Å². The van der Waals surface area contributed by atoms with E-state index in [1.165, 1.54) is 18.4 Å². The van der Waals surface area contributed by atoms with Crippen molar-refractivity contribution in [1.29, 1.82) is 0 Å². The number of rotatable bonds is 4. The lowest BCUT2D eigenvalue weighted by Crippen LogP contribution is -2.06. The molecule has 0 bridgehead atoms. The molecule has 0 unspecified atom stereocenters. The van der Waals surface area contributed by atoms with Gasteiger partial charge in [0.05, 0.1) is 12.7 Å². The zero-order chi connectivity index (χ0) is 12.4. The monoisotopic (exact) mass is 247 g/mol. The number of aryl methyl sites for hydroxylation is 1. The third-order valence-electron chi connectivity index (χ3n) is 3.43. The van der Waals surface area contributed by atoms with Crippen LogP contribution in [0.4, 0.5) is 0 Å². The molecule has 5 nitrogen and oxygen atoms in total. The Morgan fingerprint density at radius 1 is 1.33 bits per heavy atom. The minimum atomic E-state index is 0.158. The highest BCUT2D eigenvalue weighted by molar-refractivity contribution is 5.25. The molecule has 0 fully saturated rings. The maximum atomic E-state index is 8.88. The molecule has 0 atom stereocenters. The first kappa shape index (κ1) is 11.5. The number of fused-ring (bicyclic) bond motifs is 1. The number of aliphatic hydroxyl groups excluding tert-OH is 1. The SMILES string of the molecule is OCCc1cnn(Cc2noc3c2CCCC3)c1. The smallest absolute Gasteiger partial charge is 0.140 e. The van der Waals surface area contributed by atoms with E-state index in [2.05, 4.69) is 10.3 Å². The minimum Gasteiger partial charge on any atom is -0.396 e. The van der Waals surface area contributed by atoms with Crippen molar-refractivity contribution in [1.82, 2.24) is 14.9 Å². The van der Waals surface area contributed by atoms with Gasteiger partial charge in [-0.05, 0) is 31.2 Å². The Hall–Kier alpha value is -1.62. The van der Waals surface area contributed by atoms with Gasteiger partial charge in [-0.3, -0.25) is 4.68 Å². The van der Waals surface area contributed by atoms with Crippen molar-refractivity contribution >= 4 is 0 Å². The van der Waals surface area contributed by atoms with Gasteiger partial charge in [0, 0.05) is 24.8 Å². The highest BCUT2D eigenvalue weighted by Crippen LogP contribution is 2.24. The van der Waals surface area contributed by atoms with Crippen molar-refractivity contribution in [3.05, 3.63) is 35.0 Å². The van der Waals surface area contributed by atoms with Crippen LogP contribution in [0.1, 0.15) is 35.4 Å². The predicted octanol–water partition coefficient (Wildman–Crippen LogP) is 1.33. The predicted molar refractivity (Wildman–Crippen MR) is 65.3 cm³/mol. The Morgan fingerprint density at radius 2 is 2.22 bits per heavy atom. The quantitative estimate of drug-likeness (QED) is 0.885.